The van der Waals surface area contributed by atoms with Crippen LogP contribution in [0.1, 0.15) is 45.7 Å². The number of rotatable bonds is 6. The summed E-state index contributed by atoms with van der Waals surface area (Å²) in [5.74, 6) is 1.06. The lowest BCUT2D eigenvalue weighted by Crippen LogP contribution is -2.24. The first-order valence-electron chi connectivity index (χ1n) is 9.12. The Bertz CT molecular complexity index is 909. The Labute approximate surface area is 157 Å². The maximum atomic E-state index is 12.3. The van der Waals surface area contributed by atoms with Crippen molar-refractivity contribution in [1.82, 2.24) is 14.9 Å². The first kappa shape index (κ1) is 17.2. The molecule has 136 valence electrons. The van der Waals surface area contributed by atoms with Crippen molar-refractivity contribution in [3.05, 3.63) is 52.0 Å². The number of nitrogens with one attached hydrogen (secondary N) is 1. The van der Waals surface area contributed by atoms with E-state index in [-0.39, 0.29) is 12.0 Å². The Hall–Kier alpha value is -2.18. The van der Waals surface area contributed by atoms with Gasteiger partial charge in [0.2, 0.25) is 0 Å². The predicted molar refractivity (Wildman–Crippen MR) is 104 cm³/mol. The van der Waals surface area contributed by atoms with Crippen molar-refractivity contribution in [3.8, 4) is 0 Å². The molecule has 1 aliphatic heterocycles. The number of amides is 1. The summed E-state index contributed by atoms with van der Waals surface area (Å²) in [4.78, 5) is 18.9. The minimum absolute atomic E-state index is 0.00393. The number of carbonyl (C=O) groups is 1. The van der Waals surface area contributed by atoms with Crippen LogP contribution in [0, 0.1) is 0 Å². The first-order valence-corrected chi connectivity index (χ1v) is 9.94. The molecule has 2 aromatic heterocycles. The van der Waals surface area contributed by atoms with Gasteiger partial charge in [-0.15, -0.1) is 11.3 Å². The highest BCUT2D eigenvalue weighted by molar-refractivity contribution is 7.14. The molecule has 26 heavy (non-hydrogen) atoms. The van der Waals surface area contributed by atoms with Crippen molar-refractivity contribution in [3.63, 3.8) is 0 Å². The van der Waals surface area contributed by atoms with Gasteiger partial charge in [0.05, 0.1) is 22.0 Å². The van der Waals surface area contributed by atoms with Crippen LogP contribution in [0.3, 0.4) is 0 Å². The third-order valence-electron chi connectivity index (χ3n) is 4.84. The fourth-order valence-electron chi connectivity index (χ4n) is 3.40. The quantitative estimate of drug-likeness (QED) is 0.672. The highest BCUT2D eigenvalue weighted by Crippen LogP contribution is 2.33. The van der Waals surface area contributed by atoms with E-state index in [0.717, 1.165) is 58.9 Å². The normalized spacial score (nSPS) is 17.0. The highest BCUT2D eigenvalue weighted by atomic mass is 32.1. The average molecular weight is 369 g/mol. The van der Waals surface area contributed by atoms with E-state index in [4.69, 9.17) is 4.74 Å². The summed E-state index contributed by atoms with van der Waals surface area (Å²) in [7, 11) is 2.04. The number of thiophene rings is 1. The lowest BCUT2D eigenvalue weighted by atomic mass is 10.2. The molecule has 0 saturated carbocycles. The molecule has 1 N–H and O–H groups in total. The fraction of sp³-hybridized carbons (Fsp3) is 0.400. The second-order valence-corrected chi connectivity index (χ2v) is 7.75. The number of para-hydroxylation sites is 2. The second-order valence-electron chi connectivity index (χ2n) is 6.64. The van der Waals surface area contributed by atoms with Crippen molar-refractivity contribution in [2.75, 3.05) is 13.2 Å². The molecule has 3 aromatic rings. The van der Waals surface area contributed by atoms with Gasteiger partial charge in [0, 0.05) is 31.5 Å². The van der Waals surface area contributed by atoms with Gasteiger partial charge in [0.15, 0.2) is 0 Å². The molecule has 1 saturated heterocycles. The van der Waals surface area contributed by atoms with E-state index >= 15 is 0 Å². The van der Waals surface area contributed by atoms with Crippen LogP contribution in [0.25, 0.3) is 11.0 Å². The second kappa shape index (κ2) is 7.60. The summed E-state index contributed by atoms with van der Waals surface area (Å²) >= 11 is 1.54. The third kappa shape index (κ3) is 3.52. The molecule has 1 aliphatic rings. The Balaban J connectivity index is 1.29. The third-order valence-corrected chi connectivity index (χ3v) is 6.02. The molecular formula is C20H23N3O2S. The molecule has 0 aliphatic carbocycles. The number of carbonyl (C=O) groups excluding carboxylic acids is 1. The van der Waals surface area contributed by atoms with E-state index in [1.807, 2.05) is 37.4 Å². The molecule has 1 aromatic carbocycles. The van der Waals surface area contributed by atoms with Gasteiger partial charge in [0.1, 0.15) is 5.82 Å². The SMILES string of the molecule is Cn1c(CCCNC(=O)c2ccc([C@H]3CCCO3)s2)nc2ccccc21. The number of benzene rings is 1. The molecule has 0 spiro atoms. The summed E-state index contributed by atoms with van der Waals surface area (Å²) in [5, 5.41) is 3.02. The number of fused-ring (bicyclic) bond motifs is 1. The molecular weight excluding hydrogens is 346 g/mol. The zero-order valence-electron chi connectivity index (χ0n) is 14.9. The van der Waals surface area contributed by atoms with Gasteiger partial charge < -0.3 is 14.6 Å². The minimum atomic E-state index is 0.00393. The van der Waals surface area contributed by atoms with Crippen LogP contribution in [0.5, 0.6) is 0 Å². The Morgan fingerprint density at radius 2 is 2.23 bits per heavy atom. The highest BCUT2D eigenvalue weighted by Gasteiger charge is 2.20. The van der Waals surface area contributed by atoms with E-state index in [0.29, 0.717) is 6.54 Å². The number of hydrogen-bond donors (Lipinski definition) is 1. The van der Waals surface area contributed by atoms with Crippen LogP contribution in [0.4, 0.5) is 0 Å². The van der Waals surface area contributed by atoms with Gasteiger partial charge in [-0.2, -0.15) is 0 Å². The molecule has 0 unspecified atom stereocenters. The summed E-state index contributed by atoms with van der Waals surface area (Å²) in [5.41, 5.74) is 2.17. The Morgan fingerprint density at radius 3 is 3.04 bits per heavy atom. The van der Waals surface area contributed by atoms with E-state index < -0.39 is 0 Å². The van der Waals surface area contributed by atoms with Crippen LogP contribution in [0.2, 0.25) is 0 Å². The van der Waals surface area contributed by atoms with Crippen LogP contribution < -0.4 is 5.32 Å². The Morgan fingerprint density at radius 1 is 1.35 bits per heavy atom. The summed E-state index contributed by atoms with van der Waals surface area (Å²) < 4.78 is 7.81. The first-order chi connectivity index (χ1) is 12.7. The minimum Gasteiger partial charge on any atom is -0.373 e. The van der Waals surface area contributed by atoms with Crippen molar-refractivity contribution in [1.29, 1.82) is 0 Å². The van der Waals surface area contributed by atoms with Crippen molar-refractivity contribution >= 4 is 28.3 Å². The Kier molecular flexibility index (Phi) is 5.04. The molecule has 5 nitrogen and oxygen atoms in total. The van der Waals surface area contributed by atoms with Gasteiger partial charge in [-0.05, 0) is 43.5 Å². The number of nitrogens with zero attached hydrogens (tertiary/aromatic N) is 2. The van der Waals surface area contributed by atoms with Crippen molar-refractivity contribution < 1.29 is 9.53 Å². The largest absolute Gasteiger partial charge is 0.373 e. The fourth-order valence-corrected chi connectivity index (χ4v) is 4.41. The molecule has 1 fully saturated rings. The summed E-state index contributed by atoms with van der Waals surface area (Å²) in [6, 6.07) is 12.1. The average Bonchev–Trinajstić information content (AvgIpc) is 3.39. The van der Waals surface area contributed by atoms with E-state index in [9.17, 15) is 4.79 Å². The lowest BCUT2D eigenvalue weighted by Gasteiger charge is -2.06. The molecule has 0 bridgehead atoms. The van der Waals surface area contributed by atoms with Gasteiger partial charge in [-0.3, -0.25) is 4.79 Å². The molecule has 0 radical (unpaired) electrons. The molecule has 1 amide bonds. The van der Waals surface area contributed by atoms with Crippen LogP contribution in [-0.2, 0) is 18.2 Å². The molecule has 6 heteroatoms. The standard InChI is InChI=1S/C20H23N3O2S/c1-23-15-7-3-2-6-14(15)22-19(23)9-4-12-21-20(24)18-11-10-17(26-18)16-8-5-13-25-16/h2-3,6-7,10-11,16H,4-5,8-9,12-13H2,1H3,(H,21,24)/t16-/m1/s1. The van der Waals surface area contributed by atoms with Gasteiger partial charge >= 0.3 is 0 Å². The van der Waals surface area contributed by atoms with Crippen LogP contribution in [-0.4, -0.2) is 28.6 Å². The zero-order chi connectivity index (χ0) is 17.9. The number of hydrogen-bond acceptors (Lipinski definition) is 4. The maximum Gasteiger partial charge on any atom is 0.261 e. The van der Waals surface area contributed by atoms with Crippen LogP contribution >= 0.6 is 11.3 Å². The van der Waals surface area contributed by atoms with Gasteiger partial charge in [-0.1, -0.05) is 12.1 Å². The zero-order valence-corrected chi connectivity index (χ0v) is 15.7. The number of ether oxygens (including phenoxy) is 1. The van der Waals surface area contributed by atoms with E-state index in [1.165, 1.54) is 0 Å². The summed E-state index contributed by atoms with van der Waals surface area (Å²) in [6.45, 7) is 1.47. The molecule has 3 heterocycles. The predicted octanol–water partition coefficient (Wildman–Crippen LogP) is 3.85. The summed E-state index contributed by atoms with van der Waals surface area (Å²) in [6.07, 6.45) is 4.05. The molecule has 1 atom stereocenters. The number of aryl methyl sites for hydroxylation is 2. The van der Waals surface area contributed by atoms with Crippen molar-refractivity contribution in [2.45, 2.75) is 31.8 Å². The smallest absolute Gasteiger partial charge is 0.261 e. The van der Waals surface area contributed by atoms with Crippen molar-refractivity contribution in [2.24, 2.45) is 7.05 Å². The molecule has 4 rings (SSSR count). The van der Waals surface area contributed by atoms with E-state index in [2.05, 4.69) is 20.9 Å². The monoisotopic (exact) mass is 369 g/mol. The van der Waals surface area contributed by atoms with E-state index in [1.54, 1.807) is 11.3 Å². The number of imidazole rings is 1. The van der Waals surface area contributed by atoms with Gasteiger partial charge in [-0.25, -0.2) is 4.98 Å². The van der Waals surface area contributed by atoms with Crippen LogP contribution in [0.15, 0.2) is 36.4 Å². The van der Waals surface area contributed by atoms with Gasteiger partial charge in [0.25, 0.3) is 5.91 Å². The number of aromatic nitrogens is 2. The topological polar surface area (TPSA) is 56.2 Å². The maximum absolute atomic E-state index is 12.3. The lowest BCUT2D eigenvalue weighted by molar-refractivity contribution is 0.0957.